The number of aromatic nitrogens is 3. The molecule has 0 unspecified atom stereocenters. The molecule has 4 N–H and O–H groups in total. The van der Waals surface area contributed by atoms with Crippen molar-refractivity contribution in [3.8, 4) is 5.69 Å². The normalized spacial score (nSPS) is 11.6. The number of benzene rings is 2. The molecule has 0 atom stereocenters. The number of rotatable bonds is 8. The quantitative estimate of drug-likeness (QED) is 0.325. The molecule has 2 aromatic carbocycles. The number of hydrogen-bond acceptors (Lipinski definition) is 6. The predicted molar refractivity (Wildman–Crippen MR) is 144 cm³/mol. The van der Waals surface area contributed by atoms with Crippen molar-refractivity contribution in [2.75, 3.05) is 6.54 Å². The second kappa shape index (κ2) is 10.7. The molecule has 0 aliphatic carbocycles. The van der Waals surface area contributed by atoms with Gasteiger partial charge in [0.1, 0.15) is 11.3 Å². The maximum Gasteiger partial charge on any atom is 0.328 e. The van der Waals surface area contributed by atoms with E-state index in [1.54, 1.807) is 12.1 Å². The number of nitrogens with one attached hydrogen (secondary N) is 2. The van der Waals surface area contributed by atoms with Crippen LogP contribution in [0.4, 0.5) is 4.79 Å². The van der Waals surface area contributed by atoms with E-state index in [1.807, 2.05) is 39.0 Å². The minimum absolute atomic E-state index is 0.00429. The number of imidazole rings is 1. The Bertz CT molecular complexity index is 1560. The van der Waals surface area contributed by atoms with Crippen molar-refractivity contribution < 1.29 is 13.2 Å². The van der Waals surface area contributed by atoms with Crippen LogP contribution in [0.1, 0.15) is 40.7 Å². The largest absolute Gasteiger partial charge is 0.337 e. The van der Waals surface area contributed by atoms with Gasteiger partial charge in [-0.25, -0.2) is 27.9 Å². The average molecular weight is 521 g/mol. The highest BCUT2D eigenvalue weighted by molar-refractivity contribution is 7.90. The fourth-order valence-corrected chi connectivity index (χ4v) is 5.27. The van der Waals surface area contributed by atoms with E-state index < -0.39 is 16.1 Å². The molecular formula is C27H32N6O3S. The average Bonchev–Trinajstić information content (AvgIpc) is 3.23. The molecule has 2 aromatic heterocycles. The Hall–Kier alpha value is -3.76. The molecule has 0 fully saturated rings. The summed E-state index contributed by atoms with van der Waals surface area (Å²) in [6.07, 6.45) is 1.32. The lowest BCUT2D eigenvalue weighted by molar-refractivity contribution is 0.246. The molecular weight excluding hydrogens is 488 g/mol. The summed E-state index contributed by atoms with van der Waals surface area (Å²) < 4.78 is 29.1. The van der Waals surface area contributed by atoms with Crippen LogP contribution in [-0.2, 0) is 29.4 Å². The molecule has 0 radical (unpaired) electrons. The predicted octanol–water partition coefficient (Wildman–Crippen LogP) is 3.60. The minimum Gasteiger partial charge on any atom is -0.337 e. The maximum absolute atomic E-state index is 12.5. The number of nitrogens with two attached hydrogens (primary N) is 1. The molecule has 4 rings (SSSR count). The molecule has 0 saturated heterocycles. The first-order chi connectivity index (χ1) is 17.6. The number of urea groups is 1. The molecule has 2 amide bonds. The van der Waals surface area contributed by atoms with Gasteiger partial charge in [-0.15, -0.1) is 0 Å². The Morgan fingerprint density at radius 3 is 2.38 bits per heavy atom. The van der Waals surface area contributed by atoms with Gasteiger partial charge in [0.2, 0.25) is 0 Å². The van der Waals surface area contributed by atoms with E-state index in [2.05, 4.69) is 27.6 Å². The molecule has 4 aromatic rings. The summed E-state index contributed by atoms with van der Waals surface area (Å²) in [6.45, 7) is 8.71. The summed E-state index contributed by atoms with van der Waals surface area (Å²) in [4.78, 5) is 21.8. The first-order valence-corrected chi connectivity index (χ1v) is 13.7. The number of carbonyl (C=O) groups is 1. The molecule has 0 bridgehead atoms. The molecule has 0 saturated carbocycles. The number of carbonyl (C=O) groups excluding carboxylic acids is 1. The van der Waals surface area contributed by atoms with Crippen LogP contribution in [0.15, 0.2) is 53.4 Å². The van der Waals surface area contributed by atoms with E-state index in [9.17, 15) is 13.2 Å². The fraction of sp³-hybridized carbons (Fsp3) is 0.296. The van der Waals surface area contributed by atoms with Crippen LogP contribution in [0.25, 0.3) is 16.9 Å². The van der Waals surface area contributed by atoms with E-state index in [0.29, 0.717) is 13.0 Å². The molecule has 0 aliphatic rings. The molecule has 10 heteroatoms. The molecule has 0 spiro atoms. The van der Waals surface area contributed by atoms with Gasteiger partial charge in [0.05, 0.1) is 4.90 Å². The van der Waals surface area contributed by atoms with Crippen LogP contribution in [0, 0.1) is 20.8 Å². The number of pyridine rings is 1. The van der Waals surface area contributed by atoms with Gasteiger partial charge < -0.3 is 11.1 Å². The van der Waals surface area contributed by atoms with Gasteiger partial charge in [-0.3, -0.25) is 4.57 Å². The zero-order chi connectivity index (χ0) is 26.7. The standard InChI is InChI=1S/C27H32N6O3S/c1-5-24-31-25-18(3)14-19(4)30-26(25)33(24)22-9-8-21(17(2)15-22)12-13-29-27(34)32-37(35,36)23-10-6-20(16-28)7-11-23/h6-11,14-15H,5,12-13,16,28H2,1-4H3,(H2,29,32,34). The summed E-state index contributed by atoms with van der Waals surface area (Å²) in [7, 11) is -3.97. The van der Waals surface area contributed by atoms with E-state index in [-0.39, 0.29) is 11.4 Å². The van der Waals surface area contributed by atoms with Crippen molar-refractivity contribution in [3.63, 3.8) is 0 Å². The van der Waals surface area contributed by atoms with E-state index >= 15 is 0 Å². The van der Waals surface area contributed by atoms with Crippen molar-refractivity contribution in [1.29, 1.82) is 0 Å². The lowest BCUT2D eigenvalue weighted by atomic mass is 10.0. The zero-order valence-corrected chi connectivity index (χ0v) is 22.3. The molecule has 9 nitrogen and oxygen atoms in total. The first-order valence-electron chi connectivity index (χ1n) is 12.2. The molecule has 37 heavy (non-hydrogen) atoms. The number of fused-ring (bicyclic) bond motifs is 1. The van der Waals surface area contributed by atoms with Gasteiger partial charge in [0.15, 0.2) is 5.65 Å². The minimum atomic E-state index is -3.97. The van der Waals surface area contributed by atoms with Crippen molar-refractivity contribution >= 4 is 27.2 Å². The lowest BCUT2D eigenvalue weighted by Crippen LogP contribution is -2.40. The third-order valence-corrected chi connectivity index (χ3v) is 7.63. The Labute approximate surface area is 217 Å². The molecule has 2 heterocycles. The van der Waals surface area contributed by atoms with Gasteiger partial charge in [-0.2, -0.15) is 0 Å². The SMILES string of the molecule is CCc1nc2c(C)cc(C)nc2n1-c1ccc(CCNC(=O)NS(=O)(=O)c2ccc(CN)cc2)c(C)c1. The van der Waals surface area contributed by atoms with E-state index in [1.165, 1.54) is 12.1 Å². The summed E-state index contributed by atoms with van der Waals surface area (Å²) in [6, 6.07) is 13.5. The highest BCUT2D eigenvalue weighted by atomic mass is 32.2. The Morgan fingerprint density at radius 2 is 1.73 bits per heavy atom. The van der Waals surface area contributed by atoms with Gasteiger partial charge in [0, 0.05) is 30.9 Å². The van der Waals surface area contributed by atoms with Crippen LogP contribution in [-0.4, -0.2) is 35.5 Å². The lowest BCUT2D eigenvalue weighted by Gasteiger charge is -2.13. The first kappa shape index (κ1) is 26.3. The number of amides is 2. The third kappa shape index (κ3) is 5.65. The topological polar surface area (TPSA) is 132 Å². The van der Waals surface area contributed by atoms with Crippen LogP contribution >= 0.6 is 0 Å². The number of aryl methyl sites for hydroxylation is 4. The highest BCUT2D eigenvalue weighted by Gasteiger charge is 2.18. The van der Waals surface area contributed by atoms with Gasteiger partial charge in [0.25, 0.3) is 10.0 Å². The van der Waals surface area contributed by atoms with Crippen LogP contribution < -0.4 is 15.8 Å². The van der Waals surface area contributed by atoms with Gasteiger partial charge >= 0.3 is 6.03 Å². The molecule has 194 valence electrons. The summed E-state index contributed by atoms with van der Waals surface area (Å²) in [5.74, 6) is 0.945. The van der Waals surface area contributed by atoms with Crippen molar-refractivity contribution in [2.45, 2.75) is 52.0 Å². The number of hydrogen-bond donors (Lipinski definition) is 3. The van der Waals surface area contributed by atoms with Crippen molar-refractivity contribution in [2.24, 2.45) is 5.73 Å². The Kier molecular flexibility index (Phi) is 7.60. The summed E-state index contributed by atoms with van der Waals surface area (Å²) in [5, 5.41) is 2.63. The monoisotopic (exact) mass is 520 g/mol. The second-order valence-corrected chi connectivity index (χ2v) is 10.7. The summed E-state index contributed by atoms with van der Waals surface area (Å²) in [5.41, 5.74) is 13.2. The fourth-order valence-electron chi connectivity index (χ4n) is 4.35. The van der Waals surface area contributed by atoms with Crippen molar-refractivity contribution in [1.82, 2.24) is 24.6 Å². The maximum atomic E-state index is 12.5. The van der Waals surface area contributed by atoms with E-state index in [0.717, 1.165) is 57.0 Å². The van der Waals surface area contributed by atoms with Gasteiger partial charge in [-0.1, -0.05) is 25.1 Å². The zero-order valence-electron chi connectivity index (χ0n) is 21.5. The number of sulfonamides is 1. The van der Waals surface area contributed by atoms with Crippen LogP contribution in [0.2, 0.25) is 0 Å². The Morgan fingerprint density at radius 1 is 1.00 bits per heavy atom. The Balaban J connectivity index is 1.44. The highest BCUT2D eigenvalue weighted by Crippen LogP contribution is 2.25. The summed E-state index contributed by atoms with van der Waals surface area (Å²) >= 11 is 0. The smallest absolute Gasteiger partial charge is 0.328 e. The molecule has 0 aliphatic heterocycles. The second-order valence-electron chi connectivity index (χ2n) is 9.04. The van der Waals surface area contributed by atoms with Crippen LogP contribution in [0.3, 0.4) is 0 Å². The van der Waals surface area contributed by atoms with Crippen LogP contribution in [0.5, 0.6) is 0 Å². The van der Waals surface area contributed by atoms with Crippen molar-refractivity contribution in [3.05, 3.63) is 82.3 Å². The van der Waals surface area contributed by atoms with E-state index in [4.69, 9.17) is 15.7 Å². The van der Waals surface area contributed by atoms with Gasteiger partial charge in [-0.05, 0) is 79.8 Å². The number of nitrogens with zero attached hydrogens (tertiary/aromatic N) is 3. The third-order valence-electron chi connectivity index (χ3n) is 6.28.